The summed E-state index contributed by atoms with van der Waals surface area (Å²) in [6, 6.07) is 5.13. The van der Waals surface area contributed by atoms with Crippen LogP contribution in [0.3, 0.4) is 0 Å². The summed E-state index contributed by atoms with van der Waals surface area (Å²) in [5.74, 6) is -0.583. The van der Waals surface area contributed by atoms with Crippen molar-refractivity contribution in [2.24, 2.45) is 0 Å². The van der Waals surface area contributed by atoms with Crippen molar-refractivity contribution in [3.05, 3.63) is 27.3 Å². The van der Waals surface area contributed by atoms with E-state index in [0.29, 0.717) is 19.0 Å². The first kappa shape index (κ1) is 14.5. The molecule has 2 rings (SSSR count). The van der Waals surface area contributed by atoms with Gasteiger partial charge in [-0.2, -0.15) is 0 Å². The van der Waals surface area contributed by atoms with Gasteiger partial charge in [0.1, 0.15) is 24.0 Å². The van der Waals surface area contributed by atoms with Crippen molar-refractivity contribution in [2.45, 2.75) is 6.10 Å². The van der Waals surface area contributed by atoms with E-state index in [1.807, 2.05) is 13.1 Å². The maximum atomic E-state index is 11.2. The van der Waals surface area contributed by atoms with Gasteiger partial charge in [-0.05, 0) is 47.8 Å². The molecule has 6 heteroatoms. The molecule has 0 radical (unpaired) electrons. The van der Waals surface area contributed by atoms with Crippen LogP contribution in [-0.4, -0.2) is 55.4 Å². The Bertz CT molecular complexity index is 466. The quantitative estimate of drug-likeness (QED) is 0.810. The smallest absolute Gasteiger partial charge is 0.339 e. The van der Waals surface area contributed by atoms with E-state index in [9.17, 15) is 4.79 Å². The zero-order valence-electron chi connectivity index (χ0n) is 10.6. The summed E-state index contributed by atoms with van der Waals surface area (Å²) in [5.41, 5.74) is 0.191. The molecule has 0 saturated carbocycles. The van der Waals surface area contributed by atoms with E-state index in [2.05, 4.69) is 27.5 Å². The van der Waals surface area contributed by atoms with Gasteiger partial charge in [0.25, 0.3) is 0 Å². The second-order valence-electron chi connectivity index (χ2n) is 4.51. The number of hydrogen-bond donors (Lipinski definition) is 1. The Hall–Kier alpha value is -0.860. The van der Waals surface area contributed by atoms with Crippen molar-refractivity contribution in [1.29, 1.82) is 0 Å². The normalized spacial score (nSPS) is 20.2. The van der Waals surface area contributed by atoms with Crippen molar-refractivity contribution < 1.29 is 19.4 Å². The van der Waals surface area contributed by atoms with Crippen LogP contribution < -0.4 is 4.74 Å². The summed E-state index contributed by atoms with van der Waals surface area (Å²) in [6.07, 6.45) is -0.0142. The molecule has 1 saturated heterocycles. The predicted octanol–water partition coefficient (Wildman–Crippen LogP) is 1.70. The van der Waals surface area contributed by atoms with Gasteiger partial charge in [-0.15, -0.1) is 0 Å². The number of rotatable bonds is 4. The third-order valence-electron chi connectivity index (χ3n) is 2.94. The van der Waals surface area contributed by atoms with Gasteiger partial charge in [-0.25, -0.2) is 4.79 Å². The summed E-state index contributed by atoms with van der Waals surface area (Å²) in [5, 5.41) is 9.15. The Morgan fingerprint density at radius 2 is 2.42 bits per heavy atom. The second-order valence-corrected chi connectivity index (χ2v) is 5.76. The first-order valence-corrected chi connectivity index (χ1v) is 7.10. The number of nitrogens with zero attached hydrogens (tertiary/aromatic N) is 1. The summed E-state index contributed by atoms with van der Waals surface area (Å²) >= 11 is 2.08. The highest BCUT2D eigenvalue weighted by Crippen LogP contribution is 2.22. The average Bonchev–Trinajstić information content (AvgIpc) is 2.37. The molecule has 1 unspecified atom stereocenters. The monoisotopic (exact) mass is 377 g/mol. The van der Waals surface area contributed by atoms with Crippen LogP contribution in [0, 0.1) is 3.57 Å². The van der Waals surface area contributed by atoms with Crippen molar-refractivity contribution in [3.8, 4) is 5.75 Å². The van der Waals surface area contributed by atoms with E-state index in [1.54, 1.807) is 12.1 Å². The molecule has 1 fully saturated rings. The van der Waals surface area contributed by atoms with E-state index >= 15 is 0 Å². The van der Waals surface area contributed by atoms with Gasteiger partial charge in [0.15, 0.2) is 0 Å². The molecule has 1 atom stereocenters. The lowest BCUT2D eigenvalue weighted by molar-refractivity contribution is -0.0405. The molecule has 1 aliphatic rings. The second kappa shape index (κ2) is 6.53. The van der Waals surface area contributed by atoms with E-state index in [4.69, 9.17) is 14.6 Å². The number of carboxylic acid groups (broad SMARTS) is 1. The topological polar surface area (TPSA) is 59.0 Å². The molecule has 5 nitrogen and oxygen atoms in total. The Balaban J connectivity index is 2.01. The molecule has 0 spiro atoms. The van der Waals surface area contributed by atoms with Gasteiger partial charge < -0.3 is 19.5 Å². The zero-order valence-corrected chi connectivity index (χ0v) is 12.8. The molecule has 0 amide bonds. The van der Waals surface area contributed by atoms with E-state index in [-0.39, 0.29) is 11.7 Å². The maximum absolute atomic E-state index is 11.2. The maximum Gasteiger partial charge on any atom is 0.339 e. The molecule has 104 valence electrons. The van der Waals surface area contributed by atoms with Crippen molar-refractivity contribution in [3.63, 3.8) is 0 Å². The number of carbonyl (C=O) groups is 1. The van der Waals surface area contributed by atoms with Crippen LogP contribution in [0.5, 0.6) is 5.75 Å². The molecule has 19 heavy (non-hydrogen) atoms. The van der Waals surface area contributed by atoms with E-state index in [1.165, 1.54) is 0 Å². The van der Waals surface area contributed by atoms with Gasteiger partial charge >= 0.3 is 5.97 Å². The van der Waals surface area contributed by atoms with Gasteiger partial charge in [0.05, 0.1) is 6.61 Å². The predicted molar refractivity (Wildman–Crippen MR) is 78.9 cm³/mol. The van der Waals surface area contributed by atoms with Crippen LogP contribution in [0.15, 0.2) is 18.2 Å². The lowest BCUT2D eigenvalue weighted by Crippen LogP contribution is -2.42. The molecular formula is C13H16INO4. The SMILES string of the molecule is CN1CCOC(COc2ccc(I)cc2C(=O)O)C1. The van der Waals surface area contributed by atoms with Crippen LogP contribution in [-0.2, 0) is 4.74 Å². The van der Waals surface area contributed by atoms with Crippen LogP contribution >= 0.6 is 22.6 Å². The third-order valence-corrected chi connectivity index (χ3v) is 3.61. The molecule has 1 aromatic rings. The lowest BCUT2D eigenvalue weighted by Gasteiger charge is -2.29. The number of benzene rings is 1. The Morgan fingerprint density at radius 3 is 3.11 bits per heavy atom. The fourth-order valence-electron chi connectivity index (χ4n) is 1.95. The minimum Gasteiger partial charge on any atom is -0.490 e. The van der Waals surface area contributed by atoms with E-state index in [0.717, 1.165) is 16.7 Å². The Morgan fingerprint density at radius 1 is 1.63 bits per heavy atom. The summed E-state index contributed by atoms with van der Waals surface area (Å²) in [4.78, 5) is 13.3. The van der Waals surface area contributed by atoms with Crippen LogP contribution in [0.2, 0.25) is 0 Å². The largest absolute Gasteiger partial charge is 0.490 e. The number of carboxylic acids is 1. The molecule has 1 N–H and O–H groups in total. The highest BCUT2D eigenvalue weighted by atomic mass is 127. The Labute approximate surface area is 125 Å². The standard InChI is InChI=1S/C13H16INO4/c1-15-4-5-18-10(7-15)8-19-12-3-2-9(14)6-11(12)13(16)17/h2-3,6,10H,4-5,7-8H2,1H3,(H,16,17). The molecule has 0 aliphatic carbocycles. The number of hydrogen-bond acceptors (Lipinski definition) is 4. The fourth-order valence-corrected chi connectivity index (χ4v) is 2.44. The van der Waals surface area contributed by atoms with Crippen LogP contribution in [0.1, 0.15) is 10.4 Å². The molecular weight excluding hydrogens is 361 g/mol. The van der Waals surface area contributed by atoms with Crippen LogP contribution in [0.25, 0.3) is 0 Å². The average molecular weight is 377 g/mol. The fraction of sp³-hybridized carbons (Fsp3) is 0.462. The molecule has 1 heterocycles. The van der Waals surface area contributed by atoms with Gasteiger partial charge in [0.2, 0.25) is 0 Å². The summed E-state index contributed by atoms with van der Waals surface area (Å²) in [6.45, 7) is 2.77. The van der Waals surface area contributed by atoms with Crippen molar-refractivity contribution in [1.82, 2.24) is 4.90 Å². The van der Waals surface area contributed by atoms with Crippen molar-refractivity contribution >= 4 is 28.6 Å². The van der Waals surface area contributed by atoms with Gasteiger partial charge in [0, 0.05) is 16.7 Å². The number of morpholine rings is 1. The number of aromatic carboxylic acids is 1. The molecule has 1 aromatic carbocycles. The van der Waals surface area contributed by atoms with Gasteiger partial charge in [-0.1, -0.05) is 0 Å². The van der Waals surface area contributed by atoms with Crippen molar-refractivity contribution in [2.75, 3.05) is 33.4 Å². The van der Waals surface area contributed by atoms with Gasteiger partial charge in [-0.3, -0.25) is 0 Å². The number of halogens is 1. The van der Waals surface area contributed by atoms with E-state index < -0.39 is 5.97 Å². The summed E-state index contributed by atoms with van der Waals surface area (Å²) in [7, 11) is 2.03. The zero-order chi connectivity index (χ0) is 13.8. The first-order valence-electron chi connectivity index (χ1n) is 6.02. The molecule has 1 aliphatic heterocycles. The molecule has 0 bridgehead atoms. The number of ether oxygens (including phenoxy) is 2. The minimum absolute atomic E-state index is 0.0142. The highest BCUT2D eigenvalue weighted by molar-refractivity contribution is 14.1. The van der Waals surface area contributed by atoms with Crippen LogP contribution in [0.4, 0.5) is 0 Å². The Kier molecular flexibility index (Phi) is 5.00. The summed E-state index contributed by atoms with van der Waals surface area (Å²) < 4.78 is 12.1. The number of likely N-dealkylation sites (N-methyl/N-ethyl adjacent to an activating group) is 1. The first-order chi connectivity index (χ1) is 9.06. The lowest BCUT2D eigenvalue weighted by atomic mass is 10.2. The third kappa shape index (κ3) is 4.05. The molecule has 0 aromatic heterocycles. The highest BCUT2D eigenvalue weighted by Gasteiger charge is 2.19. The minimum atomic E-state index is -0.977.